The monoisotopic (exact) mass is 370 g/mol. The molecule has 1 atom stereocenters. The van der Waals surface area contributed by atoms with Crippen LogP contribution in [0, 0.1) is 5.82 Å². The van der Waals surface area contributed by atoms with Crippen LogP contribution < -0.4 is 11.3 Å². The Balaban J connectivity index is 1.92. The van der Waals surface area contributed by atoms with Gasteiger partial charge < -0.3 is 0 Å². The fourth-order valence-corrected chi connectivity index (χ4v) is 4.81. The third-order valence-corrected chi connectivity index (χ3v) is 6.29. The number of thiophene rings is 2. The van der Waals surface area contributed by atoms with Crippen LogP contribution in [0.2, 0.25) is 0 Å². The third-order valence-electron chi connectivity index (χ3n) is 3.13. The number of nitrogens with two attached hydrogens (primary N) is 1. The minimum atomic E-state index is -0.204. The predicted molar refractivity (Wildman–Crippen MR) is 87.6 cm³/mol. The maximum atomic E-state index is 13.2. The molecule has 2 nitrogen and oxygen atoms in total. The SMILES string of the molecule is NNC(Cc1sccc1Br)c1cc2ccc(F)cc2s1. The molecule has 2 heterocycles. The molecule has 0 saturated heterocycles. The predicted octanol–water partition coefficient (Wildman–Crippen LogP) is 4.61. The molecule has 0 saturated carbocycles. The molecular weight excluding hydrogens is 359 g/mol. The summed E-state index contributed by atoms with van der Waals surface area (Å²) in [7, 11) is 0. The molecule has 2 aromatic heterocycles. The number of nitrogens with one attached hydrogen (secondary N) is 1. The van der Waals surface area contributed by atoms with E-state index in [-0.39, 0.29) is 11.9 Å². The van der Waals surface area contributed by atoms with Crippen LogP contribution in [0.1, 0.15) is 15.8 Å². The summed E-state index contributed by atoms with van der Waals surface area (Å²) in [5.41, 5.74) is 2.86. The van der Waals surface area contributed by atoms with Crippen molar-refractivity contribution in [1.82, 2.24) is 5.43 Å². The first-order valence-corrected chi connectivity index (χ1v) is 8.53. The molecule has 0 aliphatic heterocycles. The van der Waals surface area contributed by atoms with E-state index in [1.165, 1.54) is 10.9 Å². The van der Waals surface area contributed by atoms with E-state index in [1.54, 1.807) is 34.8 Å². The third kappa shape index (κ3) is 2.80. The highest BCUT2D eigenvalue weighted by Crippen LogP contribution is 2.34. The van der Waals surface area contributed by atoms with Gasteiger partial charge in [0.25, 0.3) is 0 Å². The molecule has 6 heteroatoms. The van der Waals surface area contributed by atoms with E-state index in [0.29, 0.717) is 0 Å². The van der Waals surface area contributed by atoms with Crippen molar-refractivity contribution in [2.45, 2.75) is 12.5 Å². The second-order valence-electron chi connectivity index (χ2n) is 4.45. The summed E-state index contributed by atoms with van der Waals surface area (Å²) >= 11 is 6.81. The molecule has 3 rings (SSSR count). The zero-order valence-corrected chi connectivity index (χ0v) is 13.6. The van der Waals surface area contributed by atoms with Gasteiger partial charge in [0.2, 0.25) is 0 Å². The summed E-state index contributed by atoms with van der Waals surface area (Å²) in [4.78, 5) is 2.37. The summed E-state index contributed by atoms with van der Waals surface area (Å²) < 4.78 is 15.3. The van der Waals surface area contributed by atoms with Gasteiger partial charge in [-0.3, -0.25) is 11.3 Å². The zero-order chi connectivity index (χ0) is 14.1. The van der Waals surface area contributed by atoms with Crippen molar-refractivity contribution in [3.05, 3.63) is 55.8 Å². The van der Waals surface area contributed by atoms with Crippen molar-refractivity contribution in [3.8, 4) is 0 Å². The van der Waals surface area contributed by atoms with Crippen LogP contribution >= 0.6 is 38.6 Å². The maximum Gasteiger partial charge on any atom is 0.124 e. The standard InChI is InChI=1S/C14H12BrFN2S2/c15-10-3-4-19-13(10)7-11(18-17)14-5-8-1-2-9(16)6-12(8)20-14/h1-6,11,18H,7,17H2. The summed E-state index contributed by atoms with van der Waals surface area (Å²) in [6.07, 6.45) is 0.810. The number of benzene rings is 1. The highest BCUT2D eigenvalue weighted by molar-refractivity contribution is 9.10. The second kappa shape index (κ2) is 5.91. The Morgan fingerprint density at radius 1 is 1.30 bits per heavy atom. The average Bonchev–Trinajstić information content (AvgIpc) is 3.01. The lowest BCUT2D eigenvalue weighted by atomic mass is 10.1. The van der Waals surface area contributed by atoms with Crippen LogP contribution in [0.5, 0.6) is 0 Å². The average molecular weight is 371 g/mol. The Morgan fingerprint density at radius 3 is 2.85 bits per heavy atom. The number of hydrogen-bond donors (Lipinski definition) is 2. The van der Waals surface area contributed by atoms with Gasteiger partial charge >= 0.3 is 0 Å². The molecule has 104 valence electrons. The molecule has 0 fully saturated rings. The molecule has 0 amide bonds. The van der Waals surface area contributed by atoms with Gasteiger partial charge in [-0.1, -0.05) is 6.07 Å². The fraction of sp³-hybridized carbons (Fsp3) is 0.143. The molecule has 0 aliphatic rings. The number of halogens is 2. The first-order valence-electron chi connectivity index (χ1n) is 6.04. The van der Waals surface area contributed by atoms with Crippen LogP contribution in [-0.2, 0) is 6.42 Å². The van der Waals surface area contributed by atoms with Gasteiger partial charge in [-0.05, 0) is 51.0 Å². The molecular formula is C14H12BrFN2S2. The molecule has 3 N–H and O–H groups in total. The van der Waals surface area contributed by atoms with Crippen LogP contribution in [0.25, 0.3) is 10.1 Å². The molecule has 1 aromatic carbocycles. The van der Waals surface area contributed by atoms with Gasteiger partial charge in [0.05, 0.1) is 6.04 Å². The van der Waals surface area contributed by atoms with E-state index in [9.17, 15) is 4.39 Å². The van der Waals surface area contributed by atoms with Crippen LogP contribution in [0.4, 0.5) is 4.39 Å². The topological polar surface area (TPSA) is 38.0 Å². The highest BCUT2D eigenvalue weighted by Gasteiger charge is 2.16. The van der Waals surface area contributed by atoms with E-state index in [1.807, 2.05) is 11.4 Å². The molecule has 0 radical (unpaired) electrons. The quantitative estimate of drug-likeness (QED) is 0.519. The maximum absolute atomic E-state index is 13.2. The van der Waals surface area contributed by atoms with Crippen molar-refractivity contribution < 1.29 is 4.39 Å². The lowest BCUT2D eigenvalue weighted by Crippen LogP contribution is -2.28. The van der Waals surface area contributed by atoms with Crippen molar-refractivity contribution in [2.24, 2.45) is 5.84 Å². The Bertz CT molecular complexity index is 738. The summed E-state index contributed by atoms with van der Waals surface area (Å²) in [6, 6.07) is 9.00. The van der Waals surface area contributed by atoms with E-state index in [2.05, 4.69) is 27.4 Å². The number of hydrogen-bond acceptors (Lipinski definition) is 4. The second-order valence-corrected chi connectivity index (χ2v) is 7.42. The van der Waals surface area contributed by atoms with Gasteiger partial charge in [-0.15, -0.1) is 22.7 Å². The minimum Gasteiger partial charge on any atom is -0.271 e. The van der Waals surface area contributed by atoms with Gasteiger partial charge in [-0.2, -0.15) is 0 Å². The van der Waals surface area contributed by atoms with E-state index in [0.717, 1.165) is 25.9 Å². The highest BCUT2D eigenvalue weighted by atomic mass is 79.9. The van der Waals surface area contributed by atoms with E-state index < -0.39 is 0 Å². The van der Waals surface area contributed by atoms with Crippen LogP contribution in [0.3, 0.4) is 0 Å². The van der Waals surface area contributed by atoms with Gasteiger partial charge in [0.15, 0.2) is 0 Å². The summed E-state index contributed by atoms with van der Waals surface area (Å²) in [5.74, 6) is 5.49. The molecule has 20 heavy (non-hydrogen) atoms. The lowest BCUT2D eigenvalue weighted by molar-refractivity contribution is 0.564. The molecule has 1 unspecified atom stereocenters. The molecule has 0 spiro atoms. The van der Waals surface area contributed by atoms with Gasteiger partial charge in [-0.25, -0.2) is 4.39 Å². The number of rotatable bonds is 4. The van der Waals surface area contributed by atoms with Gasteiger partial charge in [0, 0.05) is 25.3 Å². The van der Waals surface area contributed by atoms with Crippen LogP contribution in [0.15, 0.2) is 40.2 Å². The number of fused-ring (bicyclic) bond motifs is 1. The first kappa shape index (κ1) is 14.2. The normalized spacial score (nSPS) is 12.9. The molecule has 3 aromatic rings. The minimum absolute atomic E-state index is 0.0328. The van der Waals surface area contributed by atoms with E-state index >= 15 is 0 Å². The Labute approximate surface area is 132 Å². The zero-order valence-electron chi connectivity index (χ0n) is 10.4. The van der Waals surface area contributed by atoms with Crippen molar-refractivity contribution in [1.29, 1.82) is 0 Å². The molecule has 0 aliphatic carbocycles. The Hall–Kier alpha value is -0.790. The van der Waals surface area contributed by atoms with Crippen molar-refractivity contribution in [2.75, 3.05) is 0 Å². The largest absolute Gasteiger partial charge is 0.271 e. The van der Waals surface area contributed by atoms with E-state index in [4.69, 9.17) is 5.84 Å². The fourth-order valence-electron chi connectivity index (χ4n) is 2.10. The Morgan fingerprint density at radius 2 is 2.15 bits per heavy atom. The van der Waals surface area contributed by atoms with Crippen molar-refractivity contribution >= 4 is 48.7 Å². The smallest absolute Gasteiger partial charge is 0.124 e. The van der Waals surface area contributed by atoms with Crippen LogP contribution in [-0.4, -0.2) is 0 Å². The number of hydrazine groups is 1. The van der Waals surface area contributed by atoms with Gasteiger partial charge in [0.1, 0.15) is 5.82 Å². The lowest BCUT2D eigenvalue weighted by Gasteiger charge is -2.13. The Kier molecular flexibility index (Phi) is 4.18. The summed E-state index contributed by atoms with van der Waals surface area (Å²) in [5, 5.41) is 3.10. The first-order chi connectivity index (χ1) is 9.67. The summed E-state index contributed by atoms with van der Waals surface area (Å²) in [6.45, 7) is 0. The van der Waals surface area contributed by atoms with Crippen molar-refractivity contribution in [3.63, 3.8) is 0 Å². The molecule has 0 bridgehead atoms.